The van der Waals surface area contributed by atoms with Crippen LogP contribution in [0.3, 0.4) is 0 Å². The minimum Gasteiger partial charge on any atom is -0.461 e. The van der Waals surface area contributed by atoms with Gasteiger partial charge in [-0.2, -0.15) is 0 Å². The Kier molecular flexibility index (Phi) is 7.88. The highest BCUT2D eigenvalue weighted by atomic mass is 16.6. The lowest BCUT2D eigenvalue weighted by Gasteiger charge is -2.37. The Morgan fingerprint density at radius 1 is 1.04 bits per heavy atom. The van der Waals surface area contributed by atoms with Gasteiger partial charge in [0.1, 0.15) is 12.7 Å². The summed E-state index contributed by atoms with van der Waals surface area (Å²) in [5.74, 6) is -0.619. The molecule has 1 aromatic carbocycles. The van der Waals surface area contributed by atoms with Crippen molar-refractivity contribution in [3.63, 3.8) is 0 Å². The number of carbonyl (C=O) groups excluding carboxylic acids is 2. The molecule has 0 unspecified atom stereocenters. The average molecular weight is 375 g/mol. The number of benzene rings is 1. The standard InChI is InChI=1S/C23H34O4/c1-15(2)19-12-11-17(5)13-20(19)27-23(25)21(16(3)4)22(24)26-14-18-9-7-6-8-10-18/h6-10,15-17,19-21H,11-14H2,1-5H3/t17-,19+,20-,21+/m1/s1. The Morgan fingerprint density at radius 2 is 1.70 bits per heavy atom. The largest absolute Gasteiger partial charge is 0.461 e. The van der Waals surface area contributed by atoms with E-state index in [1.54, 1.807) is 0 Å². The average Bonchev–Trinajstić information content (AvgIpc) is 2.60. The van der Waals surface area contributed by atoms with Crippen molar-refractivity contribution in [3.8, 4) is 0 Å². The van der Waals surface area contributed by atoms with Gasteiger partial charge in [0.25, 0.3) is 0 Å². The Bertz CT molecular complexity index is 608. The number of esters is 2. The first kappa shape index (κ1) is 21.5. The minimum atomic E-state index is -0.876. The van der Waals surface area contributed by atoms with Gasteiger partial charge >= 0.3 is 11.9 Å². The van der Waals surface area contributed by atoms with Crippen LogP contribution < -0.4 is 0 Å². The summed E-state index contributed by atoms with van der Waals surface area (Å²) in [6, 6.07) is 9.50. The van der Waals surface area contributed by atoms with Crippen molar-refractivity contribution in [2.24, 2.45) is 29.6 Å². The molecule has 1 aromatic rings. The van der Waals surface area contributed by atoms with Crippen LogP contribution in [0, 0.1) is 29.6 Å². The highest BCUT2D eigenvalue weighted by Gasteiger charge is 2.38. The van der Waals surface area contributed by atoms with Crippen molar-refractivity contribution in [1.29, 1.82) is 0 Å². The van der Waals surface area contributed by atoms with Gasteiger partial charge in [-0.3, -0.25) is 9.59 Å². The van der Waals surface area contributed by atoms with Gasteiger partial charge in [0.2, 0.25) is 0 Å². The molecule has 0 radical (unpaired) electrons. The maximum atomic E-state index is 12.9. The van der Waals surface area contributed by atoms with Crippen molar-refractivity contribution in [2.45, 2.75) is 66.6 Å². The van der Waals surface area contributed by atoms with E-state index in [-0.39, 0.29) is 18.6 Å². The first-order valence-electron chi connectivity index (χ1n) is 10.2. The van der Waals surface area contributed by atoms with E-state index in [1.165, 1.54) is 6.42 Å². The van der Waals surface area contributed by atoms with E-state index in [1.807, 2.05) is 44.2 Å². The molecule has 4 atom stereocenters. The summed E-state index contributed by atoms with van der Waals surface area (Å²) in [5, 5.41) is 0. The molecule has 0 N–H and O–H groups in total. The highest BCUT2D eigenvalue weighted by Crippen LogP contribution is 2.36. The quantitative estimate of drug-likeness (QED) is 0.497. The van der Waals surface area contributed by atoms with E-state index in [2.05, 4.69) is 20.8 Å². The summed E-state index contributed by atoms with van der Waals surface area (Å²) < 4.78 is 11.3. The van der Waals surface area contributed by atoms with E-state index in [4.69, 9.17) is 9.47 Å². The lowest BCUT2D eigenvalue weighted by atomic mass is 9.75. The van der Waals surface area contributed by atoms with Crippen molar-refractivity contribution in [2.75, 3.05) is 0 Å². The van der Waals surface area contributed by atoms with Crippen molar-refractivity contribution in [1.82, 2.24) is 0 Å². The zero-order valence-corrected chi connectivity index (χ0v) is 17.3. The zero-order chi connectivity index (χ0) is 20.0. The first-order valence-corrected chi connectivity index (χ1v) is 10.2. The molecular weight excluding hydrogens is 340 g/mol. The normalized spacial score (nSPS) is 23.9. The number of ether oxygens (including phenoxy) is 2. The molecule has 4 nitrogen and oxygen atoms in total. The fourth-order valence-electron chi connectivity index (χ4n) is 3.93. The molecular formula is C23H34O4. The minimum absolute atomic E-state index is 0.107. The van der Waals surface area contributed by atoms with Crippen LogP contribution in [0.5, 0.6) is 0 Å². The summed E-state index contributed by atoms with van der Waals surface area (Å²) in [7, 11) is 0. The number of hydrogen-bond donors (Lipinski definition) is 0. The van der Waals surface area contributed by atoms with Crippen molar-refractivity contribution in [3.05, 3.63) is 35.9 Å². The predicted molar refractivity (Wildman–Crippen MR) is 106 cm³/mol. The summed E-state index contributed by atoms with van der Waals surface area (Å²) in [5.41, 5.74) is 0.905. The van der Waals surface area contributed by atoms with Gasteiger partial charge in [0.05, 0.1) is 0 Å². The van der Waals surface area contributed by atoms with Crippen LogP contribution in [0.25, 0.3) is 0 Å². The molecule has 2 rings (SSSR count). The third-order valence-electron chi connectivity index (χ3n) is 5.63. The maximum Gasteiger partial charge on any atom is 0.320 e. The summed E-state index contributed by atoms with van der Waals surface area (Å²) in [6.07, 6.45) is 3.01. The first-order chi connectivity index (χ1) is 12.8. The Hall–Kier alpha value is -1.84. The molecule has 0 aliphatic heterocycles. The molecule has 0 amide bonds. The fourth-order valence-corrected chi connectivity index (χ4v) is 3.93. The molecule has 0 bridgehead atoms. The summed E-state index contributed by atoms with van der Waals surface area (Å²) in [4.78, 5) is 25.5. The van der Waals surface area contributed by atoms with Gasteiger partial charge in [-0.1, -0.05) is 71.4 Å². The Balaban J connectivity index is 2.01. The van der Waals surface area contributed by atoms with Gasteiger partial charge in [0, 0.05) is 0 Å². The van der Waals surface area contributed by atoms with Gasteiger partial charge < -0.3 is 9.47 Å². The third kappa shape index (κ3) is 6.08. The van der Waals surface area contributed by atoms with E-state index >= 15 is 0 Å². The predicted octanol–water partition coefficient (Wildman–Crippen LogP) is 5.01. The van der Waals surface area contributed by atoms with Crippen LogP contribution >= 0.6 is 0 Å². The van der Waals surface area contributed by atoms with E-state index < -0.39 is 17.9 Å². The molecule has 0 heterocycles. The maximum absolute atomic E-state index is 12.9. The molecule has 27 heavy (non-hydrogen) atoms. The molecule has 150 valence electrons. The molecule has 4 heteroatoms. The smallest absolute Gasteiger partial charge is 0.320 e. The number of hydrogen-bond acceptors (Lipinski definition) is 4. The van der Waals surface area contributed by atoms with Crippen LogP contribution in [-0.4, -0.2) is 18.0 Å². The molecule has 0 saturated heterocycles. The van der Waals surface area contributed by atoms with E-state index in [0.29, 0.717) is 17.8 Å². The van der Waals surface area contributed by atoms with Crippen molar-refractivity contribution < 1.29 is 19.1 Å². The molecule has 1 saturated carbocycles. The lowest BCUT2D eigenvalue weighted by molar-refractivity contribution is -0.172. The molecule has 1 fully saturated rings. The van der Waals surface area contributed by atoms with Crippen molar-refractivity contribution >= 4 is 11.9 Å². The summed E-state index contributed by atoms with van der Waals surface area (Å²) in [6.45, 7) is 10.4. The Morgan fingerprint density at radius 3 is 2.30 bits per heavy atom. The monoisotopic (exact) mass is 374 g/mol. The zero-order valence-electron chi connectivity index (χ0n) is 17.3. The van der Waals surface area contributed by atoms with Gasteiger partial charge in [-0.05, 0) is 42.1 Å². The highest BCUT2D eigenvalue weighted by molar-refractivity contribution is 5.95. The third-order valence-corrected chi connectivity index (χ3v) is 5.63. The SMILES string of the molecule is CC(C)[C@@H](C(=O)OCc1ccccc1)C(=O)O[C@@H]1C[C@H](C)CC[C@H]1C(C)C. The number of carbonyl (C=O) groups is 2. The molecule has 0 spiro atoms. The van der Waals surface area contributed by atoms with Gasteiger partial charge in [0.15, 0.2) is 5.92 Å². The fraction of sp³-hybridized carbons (Fsp3) is 0.652. The van der Waals surface area contributed by atoms with Crippen LogP contribution in [0.15, 0.2) is 30.3 Å². The summed E-state index contributed by atoms with van der Waals surface area (Å²) >= 11 is 0. The number of rotatable bonds is 7. The second-order valence-electron chi connectivity index (χ2n) is 8.62. The van der Waals surface area contributed by atoms with Gasteiger partial charge in [-0.15, -0.1) is 0 Å². The second-order valence-corrected chi connectivity index (χ2v) is 8.62. The van der Waals surface area contributed by atoms with E-state index in [9.17, 15) is 9.59 Å². The molecule has 0 aromatic heterocycles. The second kappa shape index (κ2) is 9.91. The Labute approximate surface area is 163 Å². The van der Waals surface area contributed by atoms with Gasteiger partial charge in [-0.25, -0.2) is 0 Å². The molecule has 1 aliphatic carbocycles. The molecule has 1 aliphatic rings. The van der Waals surface area contributed by atoms with Crippen LogP contribution in [0.1, 0.15) is 59.4 Å². The van der Waals surface area contributed by atoms with E-state index in [0.717, 1.165) is 18.4 Å². The van der Waals surface area contributed by atoms with Crippen LogP contribution in [-0.2, 0) is 25.7 Å². The topological polar surface area (TPSA) is 52.6 Å². The lowest BCUT2D eigenvalue weighted by Crippen LogP contribution is -2.40. The van der Waals surface area contributed by atoms with Crippen LogP contribution in [0.4, 0.5) is 0 Å². The van der Waals surface area contributed by atoms with Crippen LogP contribution in [0.2, 0.25) is 0 Å².